The second-order valence-electron chi connectivity index (χ2n) is 4.14. The Morgan fingerprint density at radius 3 is 2.07 bits per heavy atom. The molecule has 0 aromatic rings. The zero-order chi connectivity index (χ0) is 11.0. The zero-order valence-electron chi connectivity index (χ0n) is 10.3. The number of ether oxygens (including phenoxy) is 1. The summed E-state index contributed by atoms with van der Waals surface area (Å²) in [6.07, 6.45) is 5.45. The molecular weight excluding hydrogens is 174 g/mol. The predicted octanol–water partition coefficient (Wildman–Crippen LogP) is 2.70. The molecule has 0 amide bonds. The zero-order valence-corrected chi connectivity index (χ0v) is 10.3. The molecule has 84 valence electrons. The minimum absolute atomic E-state index is 0.613. The van der Waals surface area contributed by atoms with Crippen LogP contribution in [0.3, 0.4) is 0 Å². The van der Waals surface area contributed by atoms with Gasteiger partial charge in [0.15, 0.2) is 0 Å². The lowest BCUT2D eigenvalue weighted by molar-refractivity contribution is 0.194. The topological polar surface area (TPSA) is 12.5 Å². The van der Waals surface area contributed by atoms with Crippen molar-refractivity contribution in [3.05, 3.63) is 12.2 Å². The highest BCUT2D eigenvalue weighted by Gasteiger charge is 2.10. The first-order valence-electron chi connectivity index (χ1n) is 5.49. The van der Waals surface area contributed by atoms with Gasteiger partial charge in [0.25, 0.3) is 0 Å². The van der Waals surface area contributed by atoms with Gasteiger partial charge in [-0.15, -0.1) is 0 Å². The van der Waals surface area contributed by atoms with E-state index in [-0.39, 0.29) is 0 Å². The first-order valence-corrected chi connectivity index (χ1v) is 5.49. The first-order chi connectivity index (χ1) is 6.59. The van der Waals surface area contributed by atoms with Crippen LogP contribution in [0.5, 0.6) is 0 Å². The summed E-state index contributed by atoms with van der Waals surface area (Å²) in [7, 11) is 1.74. The van der Waals surface area contributed by atoms with E-state index < -0.39 is 0 Å². The van der Waals surface area contributed by atoms with Crippen molar-refractivity contribution in [2.24, 2.45) is 0 Å². The lowest BCUT2D eigenvalue weighted by Gasteiger charge is -2.29. The summed E-state index contributed by atoms with van der Waals surface area (Å²) in [5.74, 6) is 0. The largest absolute Gasteiger partial charge is 0.384 e. The summed E-state index contributed by atoms with van der Waals surface area (Å²) < 4.78 is 4.98. The fraction of sp³-hybridized carbons (Fsp3) is 0.833. The van der Waals surface area contributed by atoms with Gasteiger partial charge in [-0.1, -0.05) is 12.2 Å². The number of hydrogen-bond donors (Lipinski definition) is 0. The third kappa shape index (κ3) is 6.17. The average molecular weight is 199 g/mol. The Balaban J connectivity index is 3.76. The van der Waals surface area contributed by atoms with E-state index in [1.54, 1.807) is 7.11 Å². The van der Waals surface area contributed by atoms with Crippen molar-refractivity contribution in [2.45, 2.75) is 46.2 Å². The second-order valence-corrected chi connectivity index (χ2v) is 4.14. The molecule has 0 fully saturated rings. The summed E-state index contributed by atoms with van der Waals surface area (Å²) >= 11 is 0. The van der Waals surface area contributed by atoms with Gasteiger partial charge in [0, 0.05) is 32.3 Å². The molecule has 0 rings (SSSR count). The normalized spacial score (nSPS) is 12.6. The van der Waals surface area contributed by atoms with Crippen LogP contribution in [-0.4, -0.2) is 37.2 Å². The van der Waals surface area contributed by atoms with E-state index in [9.17, 15) is 0 Å². The van der Waals surface area contributed by atoms with E-state index in [0.717, 1.165) is 19.6 Å². The smallest absolute Gasteiger partial charge is 0.0496 e. The van der Waals surface area contributed by atoms with Crippen molar-refractivity contribution in [1.29, 1.82) is 0 Å². The summed E-state index contributed by atoms with van der Waals surface area (Å²) in [6, 6.07) is 1.23. The molecule has 0 atom stereocenters. The van der Waals surface area contributed by atoms with Gasteiger partial charge in [-0.2, -0.15) is 0 Å². The Labute approximate surface area is 88.9 Å². The van der Waals surface area contributed by atoms with Crippen LogP contribution >= 0.6 is 0 Å². The Morgan fingerprint density at radius 2 is 1.64 bits per heavy atom. The van der Waals surface area contributed by atoms with Crippen LogP contribution in [0.1, 0.15) is 34.1 Å². The van der Waals surface area contributed by atoms with Crippen LogP contribution in [-0.2, 0) is 4.74 Å². The Bertz CT molecular complexity index is 144. The van der Waals surface area contributed by atoms with Crippen LogP contribution < -0.4 is 0 Å². The highest BCUT2D eigenvalue weighted by atomic mass is 16.5. The molecule has 0 aliphatic carbocycles. The Hall–Kier alpha value is -0.340. The number of methoxy groups -OCH3 is 1. The van der Waals surface area contributed by atoms with Gasteiger partial charge in [-0.3, -0.25) is 4.90 Å². The predicted molar refractivity (Wildman–Crippen MR) is 62.6 cm³/mol. The van der Waals surface area contributed by atoms with Crippen molar-refractivity contribution < 1.29 is 4.74 Å². The lowest BCUT2D eigenvalue weighted by atomic mass is 10.2. The van der Waals surface area contributed by atoms with Crippen molar-refractivity contribution in [3.8, 4) is 0 Å². The highest BCUT2D eigenvalue weighted by Crippen LogP contribution is 2.04. The van der Waals surface area contributed by atoms with E-state index in [0.29, 0.717) is 12.1 Å². The molecular formula is C12H25NO. The van der Waals surface area contributed by atoms with Gasteiger partial charge >= 0.3 is 0 Å². The molecule has 0 unspecified atom stereocenters. The highest BCUT2D eigenvalue weighted by molar-refractivity contribution is 4.86. The van der Waals surface area contributed by atoms with Crippen molar-refractivity contribution in [3.63, 3.8) is 0 Å². The Kier molecular flexibility index (Phi) is 7.81. The van der Waals surface area contributed by atoms with Crippen molar-refractivity contribution in [2.75, 3.05) is 20.3 Å². The lowest BCUT2D eigenvalue weighted by Crippen LogP contribution is -2.36. The minimum Gasteiger partial charge on any atom is -0.384 e. The average Bonchev–Trinajstić information content (AvgIpc) is 2.09. The molecule has 0 heterocycles. The molecule has 0 spiro atoms. The molecule has 0 aliphatic rings. The van der Waals surface area contributed by atoms with Gasteiger partial charge in [0.2, 0.25) is 0 Å². The standard InChI is InChI=1S/C12H25NO/c1-11(2)13(12(3)4)9-7-6-8-10-14-5/h6-7,11-12H,8-10H2,1-5H3. The quantitative estimate of drug-likeness (QED) is 0.462. The summed E-state index contributed by atoms with van der Waals surface area (Å²) in [4.78, 5) is 2.46. The first kappa shape index (κ1) is 13.7. The molecule has 0 aliphatic heterocycles. The van der Waals surface area contributed by atoms with Crippen LogP contribution in [0.2, 0.25) is 0 Å². The maximum absolute atomic E-state index is 4.98. The molecule has 0 bridgehead atoms. The van der Waals surface area contributed by atoms with E-state index >= 15 is 0 Å². The maximum atomic E-state index is 4.98. The van der Waals surface area contributed by atoms with Crippen molar-refractivity contribution in [1.82, 2.24) is 4.90 Å². The monoisotopic (exact) mass is 199 g/mol. The van der Waals surface area contributed by atoms with E-state index in [1.165, 1.54) is 0 Å². The van der Waals surface area contributed by atoms with Gasteiger partial charge < -0.3 is 4.74 Å². The summed E-state index contributed by atoms with van der Waals surface area (Å²) in [5.41, 5.74) is 0. The van der Waals surface area contributed by atoms with E-state index in [2.05, 4.69) is 44.7 Å². The summed E-state index contributed by atoms with van der Waals surface area (Å²) in [5, 5.41) is 0. The molecule has 0 saturated heterocycles. The van der Waals surface area contributed by atoms with Crippen LogP contribution in [0.15, 0.2) is 12.2 Å². The van der Waals surface area contributed by atoms with Crippen LogP contribution in [0.25, 0.3) is 0 Å². The molecule has 0 saturated carbocycles. The molecule has 14 heavy (non-hydrogen) atoms. The van der Waals surface area contributed by atoms with Gasteiger partial charge in [0.1, 0.15) is 0 Å². The molecule has 0 radical (unpaired) electrons. The van der Waals surface area contributed by atoms with E-state index in [4.69, 9.17) is 4.74 Å². The molecule has 2 heteroatoms. The Morgan fingerprint density at radius 1 is 1.07 bits per heavy atom. The molecule has 0 N–H and O–H groups in total. The van der Waals surface area contributed by atoms with Gasteiger partial charge in [-0.25, -0.2) is 0 Å². The van der Waals surface area contributed by atoms with Gasteiger partial charge in [0.05, 0.1) is 0 Å². The summed E-state index contributed by atoms with van der Waals surface area (Å²) in [6.45, 7) is 10.8. The number of nitrogens with zero attached hydrogens (tertiary/aromatic N) is 1. The van der Waals surface area contributed by atoms with Crippen LogP contribution in [0.4, 0.5) is 0 Å². The number of rotatable bonds is 7. The third-order valence-electron chi connectivity index (χ3n) is 2.30. The fourth-order valence-corrected chi connectivity index (χ4v) is 1.52. The maximum Gasteiger partial charge on any atom is 0.0496 e. The fourth-order valence-electron chi connectivity index (χ4n) is 1.52. The third-order valence-corrected chi connectivity index (χ3v) is 2.30. The SMILES string of the molecule is COCCC=CCN(C(C)C)C(C)C. The van der Waals surface area contributed by atoms with E-state index in [1.807, 2.05) is 0 Å². The van der Waals surface area contributed by atoms with Crippen molar-refractivity contribution >= 4 is 0 Å². The van der Waals surface area contributed by atoms with Gasteiger partial charge in [-0.05, 0) is 34.1 Å². The number of hydrogen-bond acceptors (Lipinski definition) is 2. The molecule has 0 aromatic heterocycles. The van der Waals surface area contributed by atoms with Crippen LogP contribution in [0, 0.1) is 0 Å². The second kappa shape index (κ2) is 8.01. The molecule has 0 aromatic carbocycles. The molecule has 2 nitrogen and oxygen atoms in total. The minimum atomic E-state index is 0.613.